The van der Waals surface area contributed by atoms with Crippen LogP contribution >= 0.6 is 11.3 Å². The van der Waals surface area contributed by atoms with Crippen molar-refractivity contribution in [2.45, 2.75) is 39.2 Å². The summed E-state index contributed by atoms with van der Waals surface area (Å²) in [6, 6.07) is 11.6. The first-order valence-electron chi connectivity index (χ1n) is 7.74. The van der Waals surface area contributed by atoms with Gasteiger partial charge in [-0.1, -0.05) is 12.1 Å². The minimum Gasteiger partial charge on any atom is -0.493 e. The standard InChI is InChI=1S/C18H23NOS/c1-13(11-17-5-3-14(2)21-17)19-9-7-15-4-6-18-16(12-15)8-10-20-18/h3-6,12-13,19H,7-11H2,1-2H3. The molecule has 2 heterocycles. The van der Waals surface area contributed by atoms with Crippen molar-refractivity contribution >= 4 is 11.3 Å². The van der Waals surface area contributed by atoms with E-state index < -0.39 is 0 Å². The van der Waals surface area contributed by atoms with Crippen molar-refractivity contribution in [1.29, 1.82) is 0 Å². The molecule has 3 rings (SSSR count). The Labute approximate surface area is 131 Å². The zero-order chi connectivity index (χ0) is 14.7. The third kappa shape index (κ3) is 3.86. The molecule has 2 nitrogen and oxygen atoms in total. The van der Waals surface area contributed by atoms with Crippen molar-refractivity contribution in [3.05, 3.63) is 51.2 Å². The van der Waals surface area contributed by atoms with Crippen LogP contribution in [0.25, 0.3) is 0 Å². The SMILES string of the molecule is Cc1ccc(CC(C)NCCc2ccc3c(c2)CCO3)s1. The van der Waals surface area contributed by atoms with Gasteiger partial charge in [-0.3, -0.25) is 0 Å². The van der Waals surface area contributed by atoms with Gasteiger partial charge in [0.05, 0.1) is 6.61 Å². The Morgan fingerprint density at radius 2 is 2.19 bits per heavy atom. The van der Waals surface area contributed by atoms with E-state index in [0.29, 0.717) is 6.04 Å². The first-order valence-corrected chi connectivity index (χ1v) is 8.55. The highest BCUT2D eigenvalue weighted by molar-refractivity contribution is 7.11. The molecule has 0 bridgehead atoms. The highest BCUT2D eigenvalue weighted by Crippen LogP contribution is 2.25. The Hall–Kier alpha value is -1.32. The fourth-order valence-electron chi connectivity index (χ4n) is 2.83. The molecule has 0 spiro atoms. The van der Waals surface area contributed by atoms with Crippen LogP contribution < -0.4 is 10.1 Å². The van der Waals surface area contributed by atoms with Crippen molar-refractivity contribution in [3.8, 4) is 5.75 Å². The van der Waals surface area contributed by atoms with Crippen LogP contribution in [0, 0.1) is 6.92 Å². The van der Waals surface area contributed by atoms with Gasteiger partial charge in [0.25, 0.3) is 0 Å². The second kappa shape index (κ2) is 6.63. The third-order valence-corrected chi connectivity index (χ3v) is 4.99. The van der Waals surface area contributed by atoms with E-state index >= 15 is 0 Å². The minimum atomic E-state index is 0.529. The highest BCUT2D eigenvalue weighted by Gasteiger charge is 2.12. The maximum atomic E-state index is 5.55. The van der Waals surface area contributed by atoms with Crippen molar-refractivity contribution in [3.63, 3.8) is 0 Å². The lowest BCUT2D eigenvalue weighted by Crippen LogP contribution is -2.29. The fourth-order valence-corrected chi connectivity index (χ4v) is 3.85. The van der Waals surface area contributed by atoms with Crippen LogP contribution in [0.2, 0.25) is 0 Å². The molecule has 1 aromatic heterocycles. The summed E-state index contributed by atoms with van der Waals surface area (Å²) in [5, 5.41) is 3.63. The van der Waals surface area contributed by atoms with E-state index in [-0.39, 0.29) is 0 Å². The van der Waals surface area contributed by atoms with Gasteiger partial charge in [-0.25, -0.2) is 0 Å². The molecule has 1 aliphatic heterocycles. The van der Waals surface area contributed by atoms with E-state index in [0.717, 1.165) is 38.2 Å². The Morgan fingerprint density at radius 1 is 1.29 bits per heavy atom. The van der Waals surface area contributed by atoms with Crippen LogP contribution in [-0.4, -0.2) is 19.2 Å². The van der Waals surface area contributed by atoms with Crippen LogP contribution in [-0.2, 0) is 19.3 Å². The quantitative estimate of drug-likeness (QED) is 0.877. The van der Waals surface area contributed by atoms with Gasteiger partial charge in [0, 0.05) is 22.2 Å². The molecule has 0 saturated carbocycles. The highest BCUT2D eigenvalue weighted by atomic mass is 32.1. The summed E-state index contributed by atoms with van der Waals surface area (Å²) in [7, 11) is 0. The number of hydrogen-bond donors (Lipinski definition) is 1. The van der Waals surface area contributed by atoms with Crippen LogP contribution in [0.3, 0.4) is 0 Å². The molecular weight excluding hydrogens is 278 g/mol. The summed E-state index contributed by atoms with van der Waals surface area (Å²) in [5.41, 5.74) is 2.78. The van der Waals surface area contributed by atoms with Gasteiger partial charge >= 0.3 is 0 Å². The predicted octanol–water partition coefficient (Wildman–Crippen LogP) is 3.75. The second-order valence-electron chi connectivity index (χ2n) is 5.86. The Balaban J connectivity index is 1.45. The number of hydrogen-bond acceptors (Lipinski definition) is 3. The number of thiophene rings is 1. The van der Waals surface area contributed by atoms with E-state index in [9.17, 15) is 0 Å². The van der Waals surface area contributed by atoms with E-state index in [1.54, 1.807) is 0 Å². The molecule has 1 aromatic carbocycles. The van der Waals surface area contributed by atoms with Crippen LogP contribution in [0.15, 0.2) is 30.3 Å². The molecule has 112 valence electrons. The van der Waals surface area contributed by atoms with Crippen molar-refractivity contribution in [1.82, 2.24) is 5.32 Å². The summed E-state index contributed by atoms with van der Waals surface area (Å²) < 4.78 is 5.55. The van der Waals surface area contributed by atoms with Crippen LogP contribution in [0.5, 0.6) is 5.75 Å². The number of benzene rings is 1. The fraction of sp³-hybridized carbons (Fsp3) is 0.444. The molecule has 3 heteroatoms. The van der Waals surface area contributed by atoms with Gasteiger partial charge in [-0.2, -0.15) is 0 Å². The Kier molecular flexibility index (Phi) is 4.61. The average Bonchev–Trinajstić information content (AvgIpc) is 3.07. The maximum Gasteiger partial charge on any atom is 0.122 e. The molecule has 0 radical (unpaired) electrons. The second-order valence-corrected chi connectivity index (χ2v) is 7.23. The third-order valence-electron chi connectivity index (χ3n) is 3.96. The number of nitrogens with one attached hydrogen (secondary N) is 1. The Morgan fingerprint density at radius 3 is 3.00 bits per heavy atom. The summed E-state index contributed by atoms with van der Waals surface area (Å²) in [6.07, 6.45) is 3.27. The van der Waals surface area contributed by atoms with Gasteiger partial charge in [-0.05, 0) is 62.6 Å². The molecule has 0 saturated heterocycles. The molecule has 0 fully saturated rings. The van der Waals surface area contributed by atoms with Gasteiger partial charge in [0.15, 0.2) is 0 Å². The molecular formula is C18H23NOS. The van der Waals surface area contributed by atoms with Crippen molar-refractivity contribution in [2.75, 3.05) is 13.2 Å². The molecule has 0 aliphatic carbocycles. The number of rotatable bonds is 6. The topological polar surface area (TPSA) is 21.3 Å². The summed E-state index contributed by atoms with van der Waals surface area (Å²) >= 11 is 1.91. The predicted molar refractivity (Wildman–Crippen MR) is 89.6 cm³/mol. The number of aryl methyl sites for hydroxylation is 1. The smallest absolute Gasteiger partial charge is 0.122 e. The summed E-state index contributed by atoms with van der Waals surface area (Å²) in [6.45, 7) is 6.31. The molecule has 1 atom stereocenters. The lowest BCUT2D eigenvalue weighted by atomic mass is 10.1. The van der Waals surface area contributed by atoms with Gasteiger partial charge < -0.3 is 10.1 Å². The molecule has 1 aliphatic rings. The van der Waals surface area contributed by atoms with E-state index in [1.165, 1.54) is 20.9 Å². The summed E-state index contributed by atoms with van der Waals surface area (Å²) in [5.74, 6) is 1.08. The van der Waals surface area contributed by atoms with E-state index in [1.807, 2.05) is 11.3 Å². The minimum absolute atomic E-state index is 0.529. The molecule has 0 amide bonds. The first-order chi connectivity index (χ1) is 10.2. The van der Waals surface area contributed by atoms with Gasteiger partial charge in [0.1, 0.15) is 5.75 Å². The lowest BCUT2D eigenvalue weighted by Gasteiger charge is -2.13. The number of ether oxygens (including phenoxy) is 1. The molecule has 1 unspecified atom stereocenters. The molecule has 1 N–H and O–H groups in total. The van der Waals surface area contributed by atoms with Crippen molar-refractivity contribution in [2.24, 2.45) is 0 Å². The van der Waals surface area contributed by atoms with E-state index in [2.05, 4.69) is 49.5 Å². The maximum absolute atomic E-state index is 5.55. The number of fused-ring (bicyclic) bond motifs is 1. The van der Waals surface area contributed by atoms with Gasteiger partial charge in [-0.15, -0.1) is 11.3 Å². The first kappa shape index (κ1) is 14.6. The van der Waals surface area contributed by atoms with E-state index in [4.69, 9.17) is 4.74 Å². The molecule has 21 heavy (non-hydrogen) atoms. The largest absolute Gasteiger partial charge is 0.493 e. The van der Waals surface area contributed by atoms with Crippen molar-refractivity contribution < 1.29 is 4.74 Å². The zero-order valence-corrected chi connectivity index (χ0v) is 13.6. The molecule has 2 aromatic rings. The van der Waals surface area contributed by atoms with Crippen LogP contribution in [0.1, 0.15) is 27.8 Å². The lowest BCUT2D eigenvalue weighted by molar-refractivity contribution is 0.357. The summed E-state index contributed by atoms with van der Waals surface area (Å²) in [4.78, 5) is 2.87. The monoisotopic (exact) mass is 301 g/mol. The zero-order valence-electron chi connectivity index (χ0n) is 12.8. The van der Waals surface area contributed by atoms with Crippen LogP contribution in [0.4, 0.5) is 0 Å². The normalized spacial score (nSPS) is 14.8. The Bertz CT molecular complexity index is 605. The average molecular weight is 301 g/mol. The van der Waals surface area contributed by atoms with Gasteiger partial charge in [0.2, 0.25) is 0 Å².